The lowest BCUT2D eigenvalue weighted by atomic mass is 10.2. The maximum absolute atomic E-state index is 13.8. The van der Waals surface area contributed by atoms with Crippen LogP contribution in [-0.2, 0) is 0 Å². The van der Waals surface area contributed by atoms with Gasteiger partial charge in [0, 0.05) is 6.20 Å². The van der Waals surface area contributed by atoms with E-state index in [0.717, 1.165) is 23.5 Å². The molecular formula is C16H11F2N3OS. The number of aromatic nitrogens is 2. The highest BCUT2D eigenvalue weighted by molar-refractivity contribution is 7.17. The first-order chi connectivity index (χ1) is 11.1. The van der Waals surface area contributed by atoms with E-state index in [1.165, 1.54) is 12.3 Å². The van der Waals surface area contributed by atoms with Crippen LogP contribution in [0.2, 0.25) is 0 Å². The molecule has 0 aliphatic rings. The van der Waals surface area contributed by atoms with Crippen LogP contribution in [0.4, 0.5) is 14.5 Å². The lowest BCUT2D eigenvalue weighted by Gasteiger charge is -2.02. The van der Waals surface area contributed by atoms with E-state index in [1.807, 2.05) is 0 Å². The topological polar surface area (TPSA) is 54.9 Å². The fourth-order valence-corrected chi connectivity index (χ4v) is 3.05. The zero-order valence-electron chi connectivity index (χ0n) is 12.0. The normalized spacial score (nSPS) is 10.6. The summed E-state index contributed by atoms with van der Waals surface area (Å²) < 4.78 is 27.7. The van der Waals surface area contributed by atoms with Gasteiger partial charge in [-0.2, -0.15) is 0 Å². The van der Waals surface area contributed by atoms with Crippen molar-refractivity contribution in [2.45, 2.75) is 6.92 Å². The standard InChI is InChI=1S/C16H11F2N3OS/c1-9-14(15(22)21-10-4-3-7-19-8-10)23-16(20-9)13-11(17)5-2-6-12(13)18/h2-8H,1H3,(H,21,22). The molecule has 3 rings (SSSR count). The summed E-state index contributed by atoms with van der Waals surface area (Å²) in [5.41, 5.74) is 0.721. The van der Waals surface area contributed by atoms with E-state index in [1.54, 1.807) is 25.3 Å². The Bertz CT molecular complexity index is 845. The molecule has 2 heterocycles. The summed E-state index contributed by atoms with van der Waals surface area (Å²) in [6, 6.07) is 6.98. The van der Waals surface area contributed by atoms with E-state index in [0.29, 0.717) is 16.3 Å². The van der Waals surface area contributed by atoms with Gasteiger partial charge >= 0.3 is 0 Å². The minimum atomic E-state index is -0.710. The van der Waals surface area contributed by atoms with E-state index in [9.17, 15) is 13.6 Å². The van der Waals surface area contributed by atoms with Crippen molar-refractivity contribution >= 4 is 22.9 Å². The number of rotatable bonds is 3. The number of nitrogens with one attached hydrogen (secondary N) is 1. The number of carbonyl (C=O) groups is 1. The smallest absolute Gasteiger partial charge is 0.267 e. The minimum absolute atomic E-state index is 0.134. The lowest BCUT2D eigenvalue weighted by Crippen LogP contribution is -2.11. The van der Waals surface area contributed by atoms with Gasteiger partial charge in [-0.05, 0) is 31.2 Å². The van der Waals surface area contributed by atoms with E-state index < -0.39 is 17.5 Å². The number of benzene rings is 1. The molecule has 1 aromatic carbocycles. The third-order valence-corrected chi connectivity index (χ3v) is 4.27. The van der Waals surface area contributed by atoms with Gasteiger partial charge in [-0.25, -0.2) is 13.8 Å². The van der Waals surface area contributed by atoms with Gasteiger partial charge in [0.15, 0.2) is 0 Å². The molecule has 1 amide bonds. The molecule has 0 unspecified atom stereocenters. The van der Waals surface area contributed by atoms with Gasteiger partial charge in [-0.3, -0.25) is 9.78 Å². The largest absolute Gasteiger partial charge is 0.320 e. The highest BCUT2D eigenvalue weighted by Crippen LogP contribution is 2.32. The van der Waals surface area contributed by atoms with Gasteiger partial charge in [0.05, 0.1) is 23.1 Å². The highest BCUT2D eigenvalue weighted by Gasteiger charge is 2.20. The molecule has 1 N–H and O–H groups in total. The average Bonchev–Trinajstić information content (AvgIpc) is 2.90. The summed E-state index contributed by atoms with van der Waals surface area (Å²) in [5.74, 6) is -1.81. The number of anilines is 1. The molecule has 116 valence electrons. The van der Waals surface area contributed by atoms with Gasteiger partial charge in [-0.15, -0.1) is 11.3 Å². The number of aryl methyl sites for hydroxylation is 1. The summed E-state index contributed by atoms with van der Waals surface area (Å²) in [4.78, 5) is 20.6. The van der Waals surface area contributed by atoms with Crippen LogP contribution in [0.25, 0.3) is 10.6 Å². The Hall–Kier alpha value is -2.67. The quantitative estimate of drug-likeness (QED) is 0.788. The molecule has 0 aliphatic carbocycles. The summed E-state index contributed by atoms with van der Waals surface area (Å²) in [6.45, 7) is 1.62. The molecule has 0 saturated carbocycles. The average molecular weight is 331 g/mol. The third kappa shape index (κ3) is 3.09. The third-order valence-electron chi connectivity index (χ3n) is 3.10. The Labute approximate surface area is 134 Å². The van der Waals surface area contributed by atoms with E-state index in [-0.39, 0.29) is 10.6 Å². The minimum Gasteiger partial charge on any atom is -0.320 e. The summed E-state index contributed by atoms with van der Waals surface area (Å²) in [7, 11) is 0. The second kappa shape index (κ2) is 6.21. The van der Waals surface area contributed by atoms with Crippen molar-refractivity contribution < 1.29 is 13.6 Å². The Morgan fingerprint density at radius 1 is 1.17 bits per heavy atom. The molecule has 0 radical (unpaired) electrons. The molecule has 0 spiro atoms. The van der Waals surface area contributed by atoms with Crippen molar-refractivity contribution in [3.05, 3.63) is 64.9 Å². The van der Waals surface area contributed by atoms with Crippen LogP contribution in [0.1, 0.15) is 15.4 Å². The number of pyridine rings is 1. The zero-order valence-corrected chi connectivity index (χ0v) is 12.8. The summed E-state index contributed by atoms with van der Waals surface area (Å²) >= 11 is 0.945. The Kier molecular flexibility index (Phi) is 4.12. The maximum Gasteiger partial charge on any atom is 0.267 e. The number of hydrogen-bond acceptors (Lipinski definition) is 4. The van der Waals surface area contributed by atoms with Crippen molar-refractivity contribution in [3.8, 4) is 10.6 Å². The Balaban J connectivity index is 1.94. The van der Waals surface area contributed by atoms with Gasteiger partial charge < -0.3 is 5.32 Å². The molecule has 4 nitrogen and oxygen atoms in total. The second-order valence-corrected chi connectivity index (χ2v) is 5.73. The van der Waals surface area contributed by atoms with Crippen LogP contribution in [-0.4, -0.2) is 15.9 Å². The molecule has 2 aromatic heterocycles. The first-order valence-electron chi connectivity index (χ1n) is 6.69. The zero-order chi connectivity index (χ0) is 16.4. The van der Waals surface area contributed by atoms with Crippen LogP contribution in [0.3, 0.4) is 0 Å². The van der Waals surface area contributed by atoms with Crippen LogP contribution >= 0.6 is 11.3 Å². The van der Waals surface area contributed by atoms with E-state index in [2.05, 4.69) is 15.3 Å². The molecular weight excluding hydrogens is 320 g/mol. The summed E-state index contributed by atoms with van der Waals surface area (Å²) in [5, 5.41) is 2.81. The molecule has 23 heavy (non-hydrogen) atoms. The lowest BCUT2D eigenvalue weighted by molar-refractivity contribution is 0.103. The first-order valence-corrected chi connectivity index (χ1v) is 7.51. The summed E-state index contributed by atoms with van der Waals surface area (Å²) in [6.07, 6.45) is 3.10. The van der Waals surface area contributed by atoms with Gasteiger partial charge in [0.1, 0.15) is 21.5 Å². The predicted octanol–water partition coefficient (Wildman–Crippen LogP) is 4.04. The number of carbonyl (C=O) groups excluding carboxylic acids is 1. The molecule has 0 aliphatic heterocycles. The van der Waals surface area contributed by atoms with Crippen LogP contribution in [0.5, 0.6) is 0 Å². The number of amides is 1. The fraction of sp³-hybridized carbons (Fsp3) is 0.0625. The van der Waals surface area contributed by atoms with Crippen LogP contribution < -0.4 is 5.32 Å². The predicted molar refractivity (Wildman–Crippen MR) is 84.4 cm³/mol. The first kappa shape index (κ1) is 15.2. The molecule has 0 atom stereocenters. The van der Waals surface area contributed by atoms with Crippen molar-refractivity contribution in [1.82, 2.24) is 9.97 Å². The Morgan fingerprint density at radius 2 is 1.91 bits per heavy atom. The van der Waals surface area contributed by atoms with Crippen molar-refractivity contribution in [2.75, 3.05) is 5.32 Å². The van der Waals surface area contributed by atoms with E-state index >= 15 is 0 Å². The van der Waals surface area contributed by atoms with Crippen molar-refractivity contribution in [2.24, 2.45) is 0 Å². The fourth-order valence-electron chi connectivity index (χ4n) is 2.04. The number of nitrogens with zero attached hydrogens (tertiary/aromatic N) is 2. The van der Waals surface area contributed by atoms with Crippen molar-refractivity contribution in [3.63, 3.8) is 0 Å². The molecule has 0 fully saturated rings. The van der Waals surface area contributed by atoms with Gasteiger partial charge in [0.2, 0.25) is 0 Å². The van der Waals surface area contributed by atoms with Crippen LogP contribution in [0.15, 0.2) is 42.7 Å². The van der Waals surface area contributed by atoms with Crippen molar-refractivity contribution in [1.29, 1.82) is 0 Å². The SMILES string of the molecule is Cc1nc(-c2c(F)cccc2F)sc1C(=O)Nc1cccnc1. The Morgan fingerprint density at radius 3 is 2.57 bits per heavy atom. The van der Waals surface area contributed by atoms with Crippen LogP contribution in [0, 0.1) is 18.6 Å². The van der Waals surface area contributed by atoms with E-state index in [4.69, 9.17) is 0 Å². The van der Waals surface area contributed by atoms with Gasteiger partial charge in [0.25, 0.3) is 5.91 Å². The molecule has 0 saturated heterocycles. The second-order valence-electron chi connectivity index (χ2n) is 4.73. The molecule has 3 aromatic rings. The van der Waals surface area contributed by atoms with Gasteiger partial charge in [-0.1, -0.05) is 6.07 Å². The highest BCUT2D eigenvalue weighted by atomic mass is 32.1. The maximum atomic E-state index is 13.8. The number of hydrogen-bond donors (Lipinski definition) is 1. The number of thiazole rings is 1. The molecule has 7 heteroatoms. The monoisotopic (exact) mass is 331 g/mol. The molecule has 0 bridgehead atoms. The number of halogens is 2.